The fraction of sp³-hybridized carbons (Fsp3) is 0.625. The van der Waals surface area contributed by atoms with E-state index in [0.29, 0.717) is 48.5 Å². The van der Waals surface area contributed by atoms with E-state index in [1.165, 1.54) is 13.5 Å². The van der Waals surface area contributed by atoms with Gasteiger partial charge in [-0.25, -0.2) is 4.79 Å². The molecule has 52 heavy (non-hydrogen) atoms. The normalized spacial score (nSPS) is 30.0. The number of aliphatic hydroxyl groups is 2. The van der Waals surface area contributed by atoms with E-state index in [0.717, 1.165) is 28.8 Å². The molecule has 3 N–H and O–H groups in total. The Morgan fingerprint density at radius 3 is 2.50 bits per heavy atom. The van der Waals surface area contributed by atoms with Crippen molar-refractivity contribution in [3.8, 4) is 16.9 Å². The summed E-state index contributed by atoms with van der Waals surface area (Å²) in [6, 6.07) is 9.86. The molecule has 12 nitrogen and oxygen atoms in total. The van der Waals surface area contributed by atoms with Gasteiger partial charge in [-0.3, -0.25) is 14.4 Å². The van der Waals surface area contributed by atoms with Crippen LogP contribution < -0.4 is 15.0 Å². The van der Waals surface area contributed by atoms with Gasteiger partial charge in [0.05, 0.1) is 33.5 Å². The van der Waals surface area contributed by atoms with Gasteiger partial charge in [0.1, 0.15) is 23.9 Å². The number of methoxy groups -OCH3 is 2. The Labute approximate surface area is 307 Å². The molecule has 2 aromatic carbocycles. The highest BCUT2D eigenvalue weighted by Crippen LogP contribution is 2.61. The van der Waals surface area contributed by atoms with Crippen molar-refractivity contribution in [1.29, 1.82) is 0 Å². The summed E-state index contributed by atoms with van der Waals surface area (Å²) >= 11 is 0. The number of para-hydroxylation sites is 1. The quantitative estimate of drug-likeness (QED) is 0.293. The summed E-state index contributed by atoms with van der Waals surface area (Å²) in [6.07, 6.45) is 1.69. The van der Waals surface area contributed by atoms with E-state index >= 15 is 0 Å². The number of ether oxygens (including phenoxy) is 2. The Hall–Kier alpha value is -3.71. The smallest absolute Gasteiger partial charge is 0.328 e. The van der Waals surface area contributed by atoms with E-state index in [1.807, 2.05) is 55.4 Å². The molecule has 2 bridgehead atoms. The van der Waals surface area contributed by atoms with Crippen LogP contribution in [0.4, 0.5) is 5.69 Å². The van der Waals surface area contributed by atoms with Crippen molar-refractivity contribution < 1.29 is 38.9 Å². The number of aliphatic hydroxyl groups excluding tert-OH is 2. The van der Waals surface area contributed by atoms with Gasteiger partial charge >= 0.3 is 5.97 Å². The molecule has 5 aliphatic rings. The first kappa shape index (κ1) is 38.0. The Balaban J connectivity index is 1.31. The summed E-state index contributed by atoms with van der Waals surface area (Å²) in [5.41, 5.74) is 3.70. The number of hydrogen-bond acceptors (Lipinski definition) is 10. The summed E-state index contributed by atoms with van der Waals surface area (Å²) in [5, 5.41) is 26.2. The van der Waals surface area contributed by atoms with Crippen LogP contribution in [-0.4, -0.2) is 110 Å². The largest absolute Gasteiger partial charge is 0.496 e. The minimum Gasteiger partial charge on any atom is -0.496 e. The highest BCUT2D eigenvalue weighted by atomic mass is 16.7. The maximum absolute atomic E-state index is 14.2. The molecular weight excluding hydrogens is 664 g/mol. The van der Waals surface area contributed by atoms with Crippen molar-refractivity contribution in [2.24, 2.45) is 29.1 Å². The van der Waals surface area contributed by atoms with Gasteiger partial charge in [-0.1, -0.05) is 39.0 Å². The van der Waals surface area contributed by atoms with Gasteiger partial charge in [-0.15, -0.1) is 0 Å². The molecule has 2 heterocycles. The monoisotopic (exact) mass is 720 g/mol. The van der Waals surface area contributed by atoms with E-state index in [-0.39, 0.29) is 36.4 Å². The topological polar surface area (TPSA) is 141 Å². The third-order valence-electron chi connectivity index (χ3n) is 12.7. The minimum atomic E-state index is -0.915. The van der Waals surface area contributed by atoms with Gasteiger partial charge in [-0.05, 0) is 79.5 Å². The highest BCUT2D eigenvalue weighted by molar-refractivity contribution is 5.99. The maximum atomic E-state index is 14.2. The number of carbonyl (C=O) groups excluding carboxylic acids is 3. The predicted octanol–water partition coefficient (Wildman–Crippen LogP) is 3.87. The van der Waals surface area contributed by atoms with Crippen LogP contribution in [-0.2, 0) is 25.7 Å². The van der Waals surface area contributed by atoms with Crippen LogP contribution >= 0.6 is 0 Å². The van der Waals surface area contributed by atoms with Crippen LogP contribution in [0.1, 0.15) is 69.3 Å². The molecule has 3 aliphatic carbocycles. The van der Waals surface area contributed by atoms with Crippen molar-refractivity contribution in [2.75, 3.05) is 46.4 Å². The molecule has 2 aromatic rings. The molecule has 2 amide bonds. The SMILES string of the molecule is COC(=O)[C@@H]1CCCN1C(=O)c1cc(-c2cccc(CN3O[C@@H](CO)[C@@H]([C@H](C)O)[C@H]3C(=O)NC3C[C@H]4C[C@@H]([C@@H]3C)C4(C)C)c2OC)cc(N(C)C)c1. The molecule has 12 heteroatoms. The lowest BCUT2D eigenvalue weighted by Crippen LogP contribution is -2.62. The lowest BCUT2D eigenvalue weighted by atomic mass is 9.45. The molecule has 284 valence electrons. The van der Waals surface area contributed by atoms with Crippen LogP contribution in [0.3, 0.4) is 0 Å². The predicted molar refractivity (Wildman–Crippen MR) is 196 cm³/mol. The van der Waals surface area contributed by atoms with Crippen LogP contribution in [0, 0.1) is 29.1 Å². The summed E-state index contributed by atoms with van der Waals surface area (Å²) < 4.78 is 11.0. The van der Waals surface area contributed by atoms with Gasteiger partial charge in [0.2, 0.25) is 5.91 Å². The molecule has 3 saturated carbocycles. The van der Waals surface area contributed by atoms with E-state index in [4.69, 9.17) is 14.3 Å². The fourth-order valence-corrected chi connectivity index (χ4v) is 9.53. The zero-order valence-electron chi connectivity index (χ0n) is 31.8. The third-order valence-corrected chi connectivity index (χ3v) is 12.7. The van der Waals surface area contributed by atoms with Crippen LogP contribution in [0.15, 0.2) is 36.4 Å². The second-order valence-electron chi connectivity index (χ2n) is 16.1. The number of nitrogens with one attached hydrogen (secondary N) is 1. The number of fused-ring (bicyclic) bond motifs is 2. The second-order valence-corrected chi connectivity index (χ2v) is 16.1. The van der Waals surface area contributed by atoms with Gasteiger partial charge in [0, 0.05) is 55.0 Å². The Morgan fingerprint density at radius 1 is 1.13 bits per heavy atom. The van der Waals surface area contributed by atoms with Gasteiger partial charge in [-0.2, -0.15) is 5.06 Å². The zero-order valence-corrected chi connectivity index (χ0v) is 31.8. The lowest BCUT2D eigenvalue weighted by molar-refractivity contribution is -0.183. The number of nitrogens with zero attached hydrogens (tertiary/aromatic N) is 3. The molecule has 2 saturated heterocycles. The van der Waals surface area contributed by atoms with E-state index < -0.39 is 36.2 Å². The first-order valence-electron chi connectivity index (χ1n) is 18.6. The Bertz CT molecular complexity index is 1660. The van der Waals surface area contributed by atoms with Crippen molar-refractivity contribution in [3.05, 3.63) is 47.5 Å². The van der Waals surface area contributed by atoms with Gasteiger partial charge in [0.15, 0.2) is 0 Å². The summed E-state index contributed by atoms with van der Waals surface area (Å²) in [7, 11) is 6.72. The van der Waals surface area contributed by atoms with Crippen LogP contribution in [0.25, 0.3) is 11.1 Å². The number of likely N-dealkylation sites (tertiary alicyclic amines) is 1. The van der Waals surface area contributed by atoms with Gasteiger partial charge < -0.3 is 34.8 Å². The van der Waals surface area contributed by atoms with Crippen molar-refractivity contribution in [3.63, 3.8) is 0 Å². The third kappa shape index (κ3) is 6.79. The average molecular weight is 721 g/mol. The van der Waals surface area contributed by atoms with E-state index in [2.05, 4.69) is 26.1 Å². The number of amides is 2. The average Bonchev–Trinajstić information content (AvgIpc) is 3.76. The summed E-state index contributed by atoms with van der Waals surface area (Å²) in [4.78, 5) is 50.4. The Kier molecular flexibility index (Phi) is 10.9. The number of rotatable bonds is 11. The molecule has 0 spiro atoms. The minimum absolute atomic E-state index is 0.0242. The summed E-state index contributed by atoms with van der Waals surface area (Å²) in [5.74, 6) is 0.416. The first-order chi connectivity index (χ1) is 24.7. The van der Waals surface area contributed by atoms with Crippen molar-refractivity contribution >= 4 is 23.5 Å². The molecule has 2 aliphatic heterocycles. The molecule has 5 fully saturated rings. The van der Waals surface area contributed by atoms with E-state index in [9.17, 15) is 24.6 Å². The highest BCUT2D eigenvalue weighted by Gasteiger charge is 2.57. The van der Waals surface area contributed by atoms with Crippen molar-refractivity contribution in [2.45, 2.75) is 90.3 Å². The molecule has 9 atom stereocenters. The Morgan fingerprint density at radius 2 is 1.88 bits per heavy atom. The van der Waals surface area contributed by atoms with Crippen LogP contribution in [0.5, 0.6) is 5.75 Å². The molecule has 0 radical (unpaired) electrons. The second kappa shape index (κ2) is 15.0. The standard InChI is InChI=1S/C40H56N4O8/c1-22-30-18-27(40(30,3)4)19-31(22)41-37(47)35-34(23(2)46)33(21-45)52-44(35)20-24-11-9-12-29(36(24)50-7)25-15-26(17-28(16-25)42(5)6)38(48)43-14-10-13-32(43)39(49)51-8/h9,11-12,15-17,22-23,27,30-35,45-46H,10,13-14,18-21H2,1-8H3,(H,41,47)/t22-,23-,27+,30-,31?,32-,33-,34+,35-/m0/s1. The molecule has 7 rings (SSSR count). The summed E-state index contributed by atoms with van der Waals surface area (Å²) in [6.45, 7) is 8.76. The number of hydroxylamine groups is 2. The number of benzene rings is 2. The van der Waals surface area contributed by atoms with E-state index in [1.54, 1.807) is 24.0 Å². The van der Waals surface area contributed by atoms with Crippen LogP contribution in [0.2, 0.25) is 0 Å². The lowest BCUT2D eigenvalue weighted by Gasteiger charge is -2.62. The zero-order chi connectivity index (χ0) is 37.6. The maximum Gasteiger partial charge on any atom is 0.328 e. The number of hydrogen-bond donors (Lipinski definition) is 3. The van der Waals surface area contributed by atoms with Gasteiger partial charge in [0.25, 0.3) is 5.91 Å². The number of esters is 1. The number of anilines is 1. The first-order valence-corrected chi connectivity index (χ1v) is 18.6. The number of carbonyl (C=O) groups is 3. The molecule has 0 aromatic heterocycles. The molecular formula is C40H56N4O8. The van der Waals surface area contributed by atoms with Crippen molar-refractivity contribution in [1.82, 2.24) is 15.3 Å². The fourth-order valence-electron chi connectivity index (χ4n) is 9.53. The molecule has 1 unspecified atom stereocenters.